The summed E-state index contributed by atoms with van der Waals surface area (Å²) in [4.78, 5) is 3.93. The molecule has 0 radical (unpaired) electrons. The number of nitrogens with two attached hydrogens (primary N) is 1. The predicted octanol–water partition coefficient (Wildman–Crippen LogP) is 3.11. The summed E-state index contributed by atoms with van der Waals surface area (Å²) >= 11 is 0. The Morgan fingerprint density at radius 3 is 2.37 bits per heavy atom. The van der Waals surface area contributed by atoms with Crippen LogP contribution in [0.15, 0.2) is 42.6 Å². The molecular formula is C13H11F3N2O. The number of hydrogen-bond donors (Lipinski definition) is 1. The van der Waals surface area contributed by atoms with Crippen LogP contribution in [0.2, 0.25) is 0 Å². The maximum Gasteiger partial charge on any atom is 0.573 e. The van der Waals surface area contributed by atoms with Crippen molar-refractivity contribution in [3.8, 4) is 17.0 Å². The van der Waals surface area contributed by atoms with Gasteiger partial charge in [-0.05, 0) is 17.7 Å². The van der Waals surface area contributed by atoms with Crippen LogP contribution in [0.4, 0.5) is 13.2 Å². The number of pyridine rings is 1. The van der Waals surface area contributed by atoms with Crippen molar-refractivity contribution < 1.29 is 17.9 Å². The second-order valence-corrected chi connectivity index (χ2v) is 3.80. The monoisotopic (exact) mass is 268 g/mol. The lowest BCUT2D eigenvalue weighted by molar-refractivity contribution is -0.274. The van der Waals surface area contributed by atoms with Gasteiger partial charge in [0.05, 0.1) is 0 Å². The van der Waals surface area contributed by atoms with E-state index in [0.717, 1.165) is 5.56 Å². The Bertz CT molecular complexity index is 553. The maximum absolute atomic E-state index is 12.3. The van der Waals surface area contributed by atoms with Crippen LogP contribution in [0, 0.1) is 0 Å². The highest BCUT2D eigenvalue weighted by molar-refractivity contribution is 5.66. The van der Waals surface area contributed by atoms with Gasteiger partial charge < -0.3 is 10.5 Å². The summed E-state index contributed by atoms with van der Waals surface area (Å²) in [7, 11) is 0. The molecule has 0 saturated carbocycles. The molecule has 1 aromatic carbocycles. The number of hydrogen-bond acceptors (Lipinski definition) is 3. The van der Waals surface area contributed by atoms with Crippen LogP contribution in [0.3, 0.4) is 0 Å². The molecule has 19 heavy (non-hydrogen) atoms. The fourth-order valence-electron chi connectivity index (χ4n) is 1.61. The van der Waals surface area contributed by atoms with Gasteiger partial charge >= 0.3 is 6.36 Å². The fourth-order valence-corrected chi connectivity index (χ4v) is 1.61. The van der Waals surface area contributed by atoms with E-state index in [0.29, 0.717) is 12.1 Å². The molecule has 2 aromatic rings. The van der Waals surface area contributed by atoms with Crippen LogP contribution in [0.1, 0.15) is 5.56 Å². The zero-order chi connectivity index (χ0) is 13.9. The molecule has 1 heterocycles. The zero-order valence-corrected chi connectivity index (χ0v) is 9.82. The molecule has 0 aliphatic rings. The molecule has 2 rings (SSSR count). The van der Waals surface area contributed by atoms with Crippen molar-refractivity contribution in [2.45, 2.75) is 12.9 Å². The topological polar surface area (TPSA) is 48.1 Å². The average molecular weight is 268 g/mol. The van der Waals surface area contributed by atoms with Crippen LogP contribution < -0.4 is 10.5 Å². The second kappa shape index (κ2) is 5.27. The number of alkyl halides is 3. The lowest BCUT2D eigenvalue weighted by Gasteiger charge is -2.12. The molecule has 0 spiro atoms. The first-order valence-electron chi connectivity index (χ1n) is 5.50. The summed E-state index contributed by atoms with van der Waals surface area (Å²) in [6.45, 7) is 0.369. The minimum atomic E-state index is -4.74. The largest absolute Gasteiger partial charge is 0.573 e. The maximum atomic E-state index is 12.3. The van der Waals surface area contributed by atoms with Gasteiger partial charge in [0.2, 0.25) is 0 Å². The molecule has 0 amide bonds. The summed E-state index contributed by atoms with van der Waals surface area (Å²) in [6, 6.07) is 9.41. The molecule has 0 saturated heterocycles. The summed E-state index contributed by atoms with van der Waals surface area (Å²) in [5.41, 5.74) is 7.03. The van der Waals surface area contributed by atoms with Crippen molar-refractivity contribution in [1.29, 1.82) is 0 Å². The summed E-state index contributed by atoms with van der Waals surface area (Å²) in [5, 5.41) is 0. The van der Waals surface area contributed by atoms with Gasteiger partial charge in [-0.1, -0.05) is 24.3 Å². The second-order valence-electron chi connectivity index (χ2n) is 3.80. The van der Waals surface area contributed by atoms with Crippen LogP contribution in [0.25, 0.3) is 11.3 Å². The van der Waals surface area contributed by atoms with Crippen molar-refractivity contribution in [3.05, 3.63) is 48.2 Å². The van der Waals surface area contributed by atoms with E-state index < -0.39 is 6.36 Å². The number of halogens is 3. The number of rotatable bonds is 3. The van der Waals surface area contributed by atoms with Gasteiger partial charge in [-0.25, -0.2) is 0 Å². The van der Waals surface area contributed by atoms with E-state index in [9.17, 15) is 13.2 Å². The van der Waals surface area contributed by atoms with Gasteiger partial charge in [-0.15, -0.1) is 13.2 Å². The number of nitrogens with zero attached hydrogens (tertiary/aromatic N) is 1. The quantitative estimate of drug-likeness (QED) is 0.930. The van der Waals surface area contributed by atoms with E-state index in [-0.39, 0.29) is 11.4 Å². The van der Waals surface area contributed by atoms with Crippen LogP contribution in [-0.2, 0) is 6.54 Å². The van der Waals surface area contributed by atoms with Crippen molar-refractivity contribution in [2.24, 2.45) is 5.73 Å². The zero-order valence-electron chi connectivity index (χ0n) is 9.82. The lowest BCUT2D eigenvalue weighted by Crippen LogP contribution is -2.17. The first-order valence-corrected chi connectivity index (χ1v) is 5.50. The van der Waals surface area contributed by atoms with Crippen LogP contribution in [-0.4, -0.2) is 11.3 Å². The van der Waals surface area contributed by atoms with E-state index in [1.54, 1.807) is 24.3 Å². The number of aromatic nitrogens is 1. The van der Waals surface area contributed by atoms with E-state index >= 15 is 0 Å². The highest BCUT2D eigenvalue weighted by Gasteiger charge is 2.32. The standard InChI is InChI=1S/C13H11F3N2O/c14-13(15,16)19-11-2-1-7-18-12(11)10-5-3-9(8-17)4-6-10/h1-7H,8,17H2. The van der Waals surface area contributed by atoms with Gasteiger partial charge in [-0.3, -0.25) is 4.98 Å². The van der Waals surface area contributed by atoms with E-state index in [2.05, 4.69) is 9.72 Å². The first-order chi connectivity index (χ1) is 8.99. The third kappa shape index (κ3) is 3.45. The Balaban J connectivity index is 2.38. The molecule has 0 bridgehead atoms. The summed E-state index contributed by atoms with van der Waals surface area (Å²) in [5.74, 6) is -0.324. The van der Waals surface area contributed by atoms with Gasteiger partial charge in [0, 0.05) is 18.3 Å². The minimum absolute atomic E-state index is 0.142. The normalized spacial score (nSPS) is 11.4. The Kier molecular flexibility index (Phi) is 3.71. The predicted molar refractivity (Wildman–Crippen MR) is 64.2 cm³/mol. The van der Waals surface area contributed by atoms with Crippen molar-refractivity contribution in [1.82, 2.24) is 4.98 Å². The first kappa shape index (κ1) is 13.4. The molecule has 0 fully saturated rings. The van der Waals surface area contributed by atoms with Gasteiger partial charge in [-0.2, -0.15) is 0 Å². The summed E-state index contributed by atoms with van der Waals surface area (Å²) in [6.07, 6.45) is -3.33. The lowest BCUT2D eigenvalue weighted by atomic mass is 10.1. The van der Waals surface area contributed by atoms with E-state index in [1.807, 2.05) is 0 Å². The third-order valence-corrected chi connectivity index (χ3v) is 2.46. The highest BCUT2D eigenvalue weighted by atomic mass is 19.4. The van der Waals surface area contributed by atoms with Crippen molar-refractivity contribution in [2.75, 3.05) is 0 Å². The Hall–Kier alpha value is -2.08. The Morgan fingerprint density at radius 1 is 1.11 bits per heavy atom. The molecule has 2 N–H and O–H groups in total. The molecule has 0 aliphatic carbocycles. The molecule has 1 aromatic heterocycles. The van der Waals surface area contributed by atoms with E-state index in [4.69, 9.17) is 5.73 Å². The van der Waals surface area contributed by atoms with Crippen molar-refractivity contribution in [3.63, 3.8) is 0 Å². The molecule has 0 unspecified atom stereocenters. The smallest absolute Gasteiger partial charge is 0.403 e. The fraction of sp³-hybridized carbons (Fsp3) is 0.154. The number of ether oxygens (including phenoxy) is 1. The Morgan fingerprint density at radius 2 is 1.79 bits per heavy atom. The number of benzene rings is 1. The highest BCUT2D eigenvalue weighted by Crippen LogP contribution is 2.31. The summed E-state index contributed by atoms with van der Waals surface area (Å²) < 4.78 is 40.8. The van der Waals surface area contributed by atoms with Gasteiger partial charge in [0.15, 0.2) is 5.75 Å². The molecule has 0 atom stereocenters. The SMILES string of the molecule is NCc1ccc(-c2ncccc2OC(F)(F)F)cc1. The minimum Gasteiger partial charge on any atom is -0.403 e. The molecule has 100 valence electrons. The third-order valence-electron chi connectivity index (χ3n) is 2.46. The van der Waals surface area contributed by atoms with Crippen LogP contribution >= 0.6 is 0 Å². The van der Waals surface area contributed by atoms with Gasteiger partial charge in [0.25, 0.3) is 0 Å². The average Bonchev–Trinajstić information content (AvgIpc) is 2.38. The molecular weight excluding hydrogens is 257 g/mol. The van der Waals surface area contributed by atoms with Crippen LogP contribution in [0.5, 0.6) is 5.75 Å². The molecule has 6 heteroatoms. The molecule has 3 nitrogen and oxygen atoms in total. The Labute approximate surface area is 107 Å². The van der Waals surface area contributed by atoms with Gasteiger partial charge in [0.1, 0.15) is 5.69 Å². The van der Waals surface area contributed by atoms with E-state index in [1.165, 1.54) is 18.3 Å². The molecule has 0 aliphatic heterocycles. The van der Waals surface area contributed by atoms with Crippen molar-refractivity contribution >= 4 is 0 Å².